The summed E-state index contributed by atoms with van der Waals surface area (Å²) in [5.41, 5.74) is 0.727. The largest absolute Gasteiger partial charge is 0.480 e. The highest BCUT2D eigenvalue weighted by atomic mass is 35.5. The molecule has 0 bridgehead atoms. The Morgan fingerprint density at radius 3 is 2.94 bits per heavy atom. The van der Waals surface area contributed by atoms with Crippen LogP contribution in [0.1, 0.15) is 0 Å². The van der Waals surface area contributed by atoms with E-state index in [0.29, 0.717) is 5.75 Å². The van der Waals surface area contributed by atoms with Crippen LogP contribution < -0.4 is 4.74 Å². The van der Waals surface area contributed by atoms with Gasteiger partial charge in [-0.15, -0.1) is 11.6 Å². The lowest BCUT2D eigenvalue weighted by Crippen LogP contribution is -2.16. The van der Waals surface area contributed by atoms with Gasteiger partial charge in [-0.2, -0.15) is 0 Å². The molecule has 0 amide bonds. The number of benzene rings is 1. The molecule has 0 aliphatic rings. The van der Waals surface area contributed by atoms with E-state index in [0.717, 1.165) is 10.9 Å². The molecule has 0 unspecified atom stereocenters. The Kier molecular flexibility index (Phi) is 4.36. The topological polar surface area (TPSA) is 48.4 Å². The number of para-hydroxylation sites is 1. The van der Waals surface area contributed by atoms with E-state index < -0.39 is 5.97 Å². The zero-order valence-corrected chi connectivity index (χ0v) is 10.4. The molecule has 0 atom stereocenters. The molecule has 2 aromatic rings. The number of ether oxygens (including phenoxy) is 2. The van der Waals surface area contributed by atoms with Crippen LogP contribution in [0.5, 0.6) is 5.75 Å². The van der Waals surface area contributed by atoms with Gasteiger partial charge in [0.2, 0.25) is 0 Å². The fourth-order valence-corrected chi connectivity index (χ4v) is 1.60. The maximum atomic E-state index is 11.3. The average molecular weight is 266 g/mol. The molecule has 0 spiro atoms. The number of hydrogen-bond acceptors (Lipinski definition) is 4. The van der Waals surface area contributed by atoms with Crippen molar-refractivity contribution in [3.8, 4) is 5.75 Å². The Bertz CT molecular complexity index is 539. The van der Waals surface area contributed by atoms with Crippen LogP contribution in [0.25, 0.3) is 10.9 Å². The summed E-state index contributed by atoms with van der Waals surface area (Å²) in [7, 11) is 0. The van der Waals surface area contributed by atoms with Crippen molar-refractivity contribution < 1.29 is 14.3 Å². The molecular formula is C13H12ClNO3. The predicted octanol–water partition coefficient (Wildman–Crippen LogP) is 2.40. The Hall–Kier alpha value is -1.81. The van der Waals surface area contributed by atoms with E-state index in [-0.39, 0.29) is 19.1 Å². The molecule has 1 aromatic carbocycles. The molecular weight excluding hydrogens is 254 g/mol. The molecule has 0 saturated carbocycles. The highest BCUT2D eigenvalue weighted by Gasteiger charge is 2.07. The molecule has 94 valence electrons. The predicted molar refractivity (Wildman–Crippen MR) is 68.9 cm³/mol. The van der Waals surface area contributed by atoms with Gasteiger partial charge in [0.1, 0.15) is 17.9 Å². The van der Waals surface area contributed by atoms with Crippen molar-refractivity contribution in [2.45, 2.75) is 0 Å². The van der Waals surface area contributed by atoms with Crippen molar-refractivity contribution in [2.24, 2.45) is 0 Å². The number of fused-ring (bicyclic) bond motifs is 1. The lowest BCUT2D eigenvalue weighted by molar-refractivity contribution is -0.145. The molecule has 1 heterocycles. The van der Waals surface area contributed by atoms with Crippen LogP contribution in [-0.4, -0.2) is 30.0 Å². The first-order chi connectivity index (χ1) is 8.81. The lowest BCUT2D eigenvalue weighted by Gasteiger charge is -2.08. The van der Waals surface area contributed by atoms with E-state index in [1.54, 1.807) is 12.3 Å². The first-order valence-electron chi connectivity index (χ1n) is 5.49. The maximum absolute atomic E-state index is 11.3. The van der Waals surface area contributed by atoms with Crippen LogP contribution in [0.2, 0.25) is 0 Å². The molecule has 4 nitrogen and oxygen atoms in total. The normalized spacial score (nSPS) is 10.3. The van der Waals surface area contributed by atoms with E-state index in [1.165, 1.54) is 0 Å². The second kappa shape index (κ2) is 6.21. The number of esters is 1. The summed E-state index contributed by atoms with van der Waals surface area (Å²) in [6.07, 6.45) is 1.68. The molecule has 18 heavy (non-hydrogen) atoms. The molecule has 0 fully saturated rings. The van der Waals surface area contributed by atoms with E-state index in [9.17, 15) is 4.79 Å². The van der Waals surface area contributed by atoms with Gasteiger partial charge in [-0.3, -0.25) is 4.98 Å². The number of pyridine rings is 1. The van der Waals surface area contributed by atoms with E-state index in [4.69, 9.17) is 21.1 Å². The lowest BCUT2D eigenvalue weighted by atomic mass is 10.2. The Morgan fingerprint density at radius 2 is 2.11 bits per heavy atom. The van der Waals surface area contributed by atoms with Crippen molar-refractivity contribution in [3.05, 3.63) is 36.5 Å². The van der Waals surface area contributed by atoms with E-state index >= 15 is 0 Å². The van der Waals surface area contributed by atoms with Gasteiger partial charge in [0.05, 0.1) is 5.88 Å². The number of halogens is 1. The second-order valence-corrected chi connectivity index (χ2v) is 3.91. The van der Waals surface area contributed by atoms with Gasteiger partial charge in [-0.25, -0.2) is 4.79 Å². The third-order valence-electron chi connectivity index (χ3n) is 2.28. The van der Waals surface area contributed by atoms with Gasteiger partial charge < -0.3 is 9.47 Å². The smallest absolute Gasteiger partial charge is 0.344 e. The molecule has 1 aromatic heterocycles. The highest BCUT2D eigenvalue weighted by Crippen LogP contribution is 2.22. The van der Waals surface area contributed by atoms with Crippen LogP contribution >= 0.6 is 11.6 Å². The summed E-state index contributed by atoms with van der Waals surface area (Å²) in [5.74, 6) is 0.404. The van der Waals surface area contributed by atoms with Gasteiger partial charge in [0, 0.05) is 11.6 Å². The molecule has 5 heteroatoms. The summed E-state index contributed by atoms with van der Waals surface area (Å²) in [5, 5.41) is 0.962. The van der Waals surface area contributed by atoms with Crippen molar-refractivity contribution in [1.82, 2.24) is 4.98 Å². The molecule has 0 saturated heterocycles. The quantitative estimate of drug-likeness (QED) is 0.615. The Balaban J connectivity index is 2.05. The minimum atomic E-state index is -0.441. The summed E-state index contributed by atoms with van der Waals surface area (Å²) in [4.78, 5) is 15.5. The third-order valence-corrected chi connectivity index (χ3v) is 2.44. The van der Waals surface area contributed by atoms with E-state index in [2.05, 4.69) is 4.98 Å². The number of alkyl halides is 1. The number of carbonyl (C=O) groups excluding carboxylic acids is 1. The maximum Gasteiger partial charge on any atom is 0.344 e. The number of hydrogen-bond donors (Lipinski definition) is 0. The van der Waals surface area contributed by atoms with Crippen LogP contribution in [0, 0.1) is 0 Å². The number of carbonyl (C=O) groups is 1. The fraction of sp³-hybridized carbons (Fsp3) is 0.231. The van der Waals surface area contributed by atoms with Crippen LogP contribution in [-0.2, 0) is 9.53 Å². The van der Waals surface area contributed by atoms with Crippen molar-refractivity contribution in [2.75, 3.05) is 19.1 Å². The Labute approximate surface area is 109 Å². The number of rotatable bonds is 5. The SMILES string of the molecule is O=C(COc1cccc2cccnc12)OCCCl. The molecule has 0 radical (unpaired) electrons. The second-order valence-electron chi connectivity index (χ2n) is 3.53. The van der Waals surface area contributed by atoms with Crippen LogP contribution in [0.4, 0.5) is 0 Å². The average Bonchev–Trinajstić information content (AvgIpc) is 2.42. The first-order valence-corrected chi connectivity index (χ1v) is 6.03. The summed E-state index contributed by atoms with van der Waals surface area (Å²) >= 11 is 5.41. The minimum Gasteiger partial charge on any atom is -0.480 e. The fourth-order valence-electron chi connectivity index (χ4n) is 1.52. The van der Waals surface area contributed by atoms with Crippen molar-refractivity contribution >= 4 is 28.5 Å². The van der Waals surface area contributed by atoms with Gasteiger partial charge >= 0.3 is 5.97 Å². The summed E-state index contributed by atoms with van der Waals surface area (Å²) in [6, 6.07) is 9.33. The van der Waals surface area contributed by atoms with Crippen LogP contribution in [0.3, 0.4) is 0 Å². The zero-order valence-electron chi connectivity index (χ0n) is 9.64. The van der Waals surface area contributed by atoms with Crippen LogP contribution in [0.15, 0.2) is 36.5 Å². The van der Waals surface area contributed by atoms with Crippen molar-refractivity contribution in [3.63, 3.8) is 0 Å². The van der Waals surface area contributed by atoms with E-state index in [1.807, 2.05) is 24.3 Å². The number of nitrogens with zero attached hydrogens (tertiary/aromatic N) is 1. The highest BCUT2D eigenvalue weighted by molar-refractivity contribution is 6.18. The summed E-state index contributed by atoms with van der Waals surface area (Å²) < 4.78 is 10.2. The van der Waals surface area contributed by atoms with Gasteiger partial charge in [0.25, 0.3) is 0 Å². The standard InChI is InChI=1S/C13H12ClNO3/c14-6-8-17-12(16)9-18-11-5-1-3-10-4-2-7-15-13(10)11/h1-5,7H,6,8-9H2. The molecule has 0 aliphatic carbocycles. The number of aromatic nitrogens is 1. The van der Waals surface area contributed by atoms with Gasteiger partial charge in [-0.05, 0) is 12.1 Å². The zero-order chi connectivity index (χ0) is 12.8. The molecule has 2 rings (SSSR count). The summed E-state index contributed by atoms with van der Waals surface area (Å²) in [6.45, 7) is 0.0457. The monoisotopic (exact) mass is 265 g/mol. The minimum absolute atomic E-state index is 0.146. The Morgan fingerprint density at radius 1 is 1.28 bits per heavy atom. The van der Waals surface area contributed by atoms with Crippen molar-refractivity contribution in [1.29, 1.82) is 0 Å². The van der Waals surface area contributed by atoms with Gasteiger partial charge in [0.15, 0.2) is 6.61 Å². The first kappa shape index (κ1) is 12.6. The third kappa shape index (κ3) is 3.11. The molecule has 0 N–H and O–H groups in total. The molecule has 0 aliphatic heterocycles. The van der Waals surface area contributed by atoms with Gasteiger partial charge in [-0.1, -0.05) is 18.2 Å².